The lowest BCUT2D eigenvalue weighted by Gasteiger charge is -2.10. The van der Waals surface area contributed by atoms with Crippen molar-refractivity contribution in [1.82, 2.24) is 0 Å². The Morgan fingerprint density at radius 1 is 1.27 bits per heavy atom. The first kappa shape index (κ1) is 12.4. The fraction of sp³-hybridized carbons (Fsp3) is 0.500. The normalized spacial score (nSPS) is 12.5. The molecule has 0 aliphatic carbocycles. The molecule has 0 bridgehead atoms. The van der Waals surface area contributed by atoms with Gasteiger partial charge >= 0.3 is 0 Å². The van der Waals surface area contributed by atoms with Crippen LogP contribution in [-0.2, 0) is 0 Å². The van der Waals surface area contributed by atoms with Crippen LogP contribution in [0.4, 0.5) is 0 Å². The minimum absolute atomic E-state index is 0.370. The molecule has 1 rings (SSSR count). The van der Waals surface area contributed by atoms with E-state index >= 15 is 0 Å². The van der Waals surface area contributed by atoms with E-state index in [0.717, 1.165) is 22.8 Å². The lowest BCUT2D eigenvalue weighted by molar-refractivity contribution is 0.204. The average molecular weight is 226 g/mol. The fourth-order valence-electron chi connectivity index (χ4n) is 1.28. The van der Waals surface area contributed by atoms with E-state index in [2.05, 4.69) is 6.92 Å². The molecule has 0 amide bonds. The van der Waals surface area contributed by atoms with Gasteiger partial charge < -0.3 is 9.84 Å². The smallest absolute Gasteiger partial charge is 0.119 e. The summed E-state index contributed by atoms with van der Waals surface area (Å²) in [6.45, 7) is 4.73. The first-order valence-electron chi connectivity index (χ1n) is 5.26. The monoisotopic (exact) mass is 226 g/mol. The van der Waals surface area contributed by atoms with Gasteiger partial charge in [0, 0.05) is 5.75 Å². The second-order valence-electron chi connectivity index (χ2n) is 3.18. The fourth-order valence-corrected chi connectivity index (χ4v) is 1.93. The van der Waals surface area contributed by atoms with Crippen LogP contribution in [0.5, 0.6) is 5.75 Å². The zero-order valence-corrected chi connectivity index (χ0v) is 10.1. The van der Waals surface area contributed by atoms with Gasteiger partial charge in [-0.25, -0.2) is 0 Å². The maximum Gasteiger partial charge on any atom is 0.119 e. The standard InChI is InChI=1S/C12H18O2S/c1-3-14-11-7-5-10(6-8-11)12(13)9-15-4-2/h5-8,12-13H,3-4,9H2,1-2H3. The van der Waals surface area contributed by atoms with Crippen molar-refractivity contribution in [3.63, 3.8) is 0 Å². The van der Waals surface area contributed by atoms with Gasteiger partial charge in [0.15, 0.2) is 0 Å². The summed E-state index contributed by atoms with van der Waals surface area (Å²) in [6, 6.07) is 7.65. The minimum Gasteiger partial charge on any atom is -0.494 e. The predicted molar refractivity (Wildman–Crippen MR) is 65.6 cm³/mol. The van der Waals surface area contributed by atoms with E-state index in [9.17, 15) is 5.11 Å². The van der Waals surface area contributed by atoms with Gasteiger partial charge in [-0.15, -0.1) is 0 Å². The summed E-state index contributed by atoms with van der Waals surface area (Å²) >= 11 is 1.74. The molecule has 0 saturated heterocycles. The summed E-state index contributed by atoms with van der Waals surface area (Å²) in [7, 11) is 0. The van der Waals surface area contributed by atoms with E-state index in [1.54, 1.807) is 11.8 Å². The highest BCUT2D eigenvalue weighted by Crippen LogP contribution is 2.20. The number of hydrogen-bond acceptors (Lipinski definition) is 3. The number of hydrogen-bond donors (Lipinski definition) is 1. The molecule has 1 atom stereocenters. The molecule has 0 radical (unpaired) electrons. The summed E-state index contributed by atoms with van der Waals surface area (Å²) in [4.78, 5) is 0. The summed E-state index contributed by atoms with van der Waals surface area (Å²) in [6.07, 6.45) is -0.370. The molecule has 0 aliphatic heterocycles. The highest BCUT2D eigenvalue weighted by atomic mass is 32.2. The summed E-state index contributed by atoms with van der Waals surface area (Å²) in [5.74, 6) is 2.65. The molecular weight excluding hydrogens is 208 g/mol. The maximum absolute atomic E-state index is 9.81. The molecule has 1 aromatic rings. The Hall–Kier alpha value is -0.670. The number of aliphatic hydroxyl groups excluding tert-OH is 1. The number of thioether (sulfide) groups is 1. The highest BCUT2D eigenvalue weighted by Gasteiger charge is 2.06. The highest BCUT2D eigenvalue weighted by molar-refractivity contribution is 7.99. The van der Waals surface area contributed by atoms with Crippen LogP contribution in [0.1, 0.15) is 25.5 Å². The van der Waals surface area contributed by atoms with E-state index in [1.165, 1.54) is 0 Å². The van der Waals surface area contributed by atoms with Crippen LogP contribution in [0.15, 0.2) is 24.3 Å². The second-order valence-corrected chi connectivity index (χ2v) is 4.50. The molecular formula is C12H18O2S. The number of rotatable bonds is 6. The van der Waals surface area contributed by atoms with E-state index in [1.807, 2.05) is 31.2 Å². The first-order valence-corrected chi connectivity index (χ1v) is 6.42. The molecule has 0 fully saturated rings. The van der Waals surface area contributed by atoms with Gasteiger partial charge in [0.2, 0.25) is 0 Å². The zero-order chi connectivity index (χ0) is 11.1. The van der Waals surface area contributed by atoms with Crippen LogP contribution in [0.3, 0.4) is 0 Å². The molecule has 0 aromatic heterocycles. The zero-order valence-electron chi connectivity index (χ0n) is 9.27. The van der Waals surface area contributed by atoms with E-state index in [4.69, 9.17) is 4.74 Å². The van der Waals surface area contributed by atoms with Crippen LogP contribution < -0.4 is 4.74 Å². The summed E-state index contributed by atoms with van der Waals surface area (Å²) in [5.41, 5.74) is 0.958. The van der Waals surface area contributed by atoms with Crippen LogP contribution >= 0.6 is 11.8 Å². The molecule has 15 heavy (non-hydrogen) atoms. The largest absolute Gasteiger partial charge is 0.494 e. The van der Waals surface area contributed by atoms with Crippen molar-refractivity contribution in [2.45, 2.75) is 20.0 Å². The lowest BCUT2D eigenvalue weighted by atomic mass is 10.1. The molecule has 2 nitrogen and oxygen atoms in total. The van der Waals surface area contributed by atoms with Crippen LogP contribution in [0.2, 0.25) is 0 Å². The molecule has 1 aromatic carbocycles. The molecule has 1 N–H and O–H groups in total. The third-order valence-electron chi connectivity index (χ3n) is 2.06. The van der Waals surface area contributed by atoms with Crippen LogP contribution in [0, 0.1) is 0 Å². The van der Waals surface area contributed by atoms with Crippen LogP contribution in [0.25, 0.3) is 0 Å². The summed E-state index contributed by atoms with van der Waals surface area (Å²) in [5, 5.41) is 9.81. The van der Waals surface area contributed by atoms with E-state index in [-0.39, 0.29) is 6.10 Å². The average Bonchev–Trinajstić information content (AvgIpc) is 2.27. The van der Waals surface area contributed by atoms with E-state index < -0.39 is 0 Å². The molecule has 0 aliphatic rings. The molecule has 0 heterocycles. The topological polar surface area (TPSA) is 29.5 Å². The van der Waals surface area contributed by atoms with Crippen molar-refractivity contribution < 1.29 is 9.84 Å². The Morgan fingerprint density at radius 2 is 1.93 bits per heavy atom. The molecule has 3 heteroatoms. The Balaban J connectivity index is 2.54. The molecule has 0 saturated carbocycles. The van der Waals surface area contributed by atoms with Gasteiger partial charge in [0.1, 0.15) is 5.75 Å². The molecule has 0 spiro atoms. The van der Waals surface area contributed by atoms with Gasteiger partial charge in [0.25, 0.3) is 0 Å². The molecule has 1 unspecified atom stereocenters. The second kappa shape index (κ2) is 6.75. The summed E-state index contributed by atoms with van der Waals surface area (Å²) < 4.78 is 5.33. The maximum atomic E-state index is 9.81. The Morgan fingerprint density at radius 3 is 2.47 bits per heavy atom. The van der Waals surface area contributed by atoms with Gasteiger partial charge in [-0.3, -0.25) is 0 Å². The van der Waals surface area contributed by atoms with Crippen molar-refractivity contribution >= 4 is 11.8 Å². The van der Waals surface area contributed by atoms with Gasteiger partial charge in [0.05, 0.1) is 12.7 Å². The van der Waals surface area contributed by atoms with E-state index in [0.29, 0.717) is 6.61 Å². The quantitative estimate of drug-likeness (QED) is 0.808. The van der Waals surface area contributed by atoms with Crippen LogP contribution in [-0.4, -0.2) is 23.2 Å². The Labute approximate surface area is 95.7 Å². The number of benzene rings is 1. The SMILES string of the molecule is CCOc1ccc(C(O)CSCC)cc1. The minimum atomic E-state index is -0.370. The third-order valence-corrected chi connectivity index (χ3v) is 3.02. The molecule has 84 valence electrons. The van der Waals surface area contributed by atoms with Crippen molar-refractivity contribution in [2.75, 3.05) is 18.1 Å². The van der Waals surface area contributed by atoms with Gasteiger partial charge in [-0.1, -0.05) is 19.1 Å². The number of aliphatic hydroxyl groups is 1. The third kappa shape index (κ3) is 4.14. The Bertz CT molecular complexity index is 271. The Kier molecular flexibility index (Phi) is 5.58. The predicted octanol–water partition coefficient (Wildman–Crippen LogP) is 2.87. The first-order chi connectivity index (χ1) is 7.27. The van der Waals surface area contributed by atoms with Gasteiger partial charge in [-0.2, -0.15) is 11.8 Å². The lowest BCUT2D eigenvalue weighted by Crippen LogP contribution is -2.01. The van der Waals surface area contributed by atoms with Crippen molar-refractivity contribution in [2.24, 2.45) is 0 Å². The number of ether oxygens (including phenoxy) is 1. The van der Waals surface area contributed by atoms with Gasteiger partial charge in [-0.05, 0) is 30.4 Å². The van der Waals surface area contributed by atoms with Crippen molar-refractivity contribution in [3.8, 4) is 5.75 Å². The van der Waals surface area contributed by atoms with Crippen molar-refractivity contribution in [1.29, 1.82) is 0 Å². The van der Waals surface area contributed by atoms with Crippen molar-refractivity contribution in [3.05, 3.63) is 29.8 Å².